The highest BCUT2D eigenvalue weighted by atomic mass is 35.5. The molecule has 5 nitrogen and oxygen atoms in total. The summed E-state index contributed by atoms with van der Waals surface area (Å²) >= 11 is 5.71. The van der Waals surface area contributed by atoms with E-state index in [4.69, 9.17) is 11.6 Å². The summed E-state index contributed by atoms with van der Waals surface area (Å²) in [6, 6.07) is 4.82. The third-order valence-corrected chi connectivity index (χ3v) is 4.19. The van der Waals surface area contributed by atoms with E-state index in [0.29, 0.717) is 25.3 Å². The molecule has 1 aromatic carbocycles. The molecule has 0 spiro atoms. The van der Waals surface area contributed by atoms with Crippen LogP contribution in [0.3, 0.4) is 0 Å². The van der Waals surface area contributed by atoms with Gasteiger partial charge in [-0.2, -0.15) is 0 Å². The van der Waals surface area contributed by atoms with Crippen LogP contribution in [-0.4, -0.2) is 29.2 Å². The van der Waals surface area contributed by atoms with Gasteiger partial charge in [0.15, 0.2) is 28.4 Å². The zero-order chi connectivity index (χ0) is 18.0. The number of benzene rings is 1. The van der Waals surface area contributed by atoms with E-state index in [1.165, 1.54) is 0 Å². The summed E-state index contributed by atoms with van der Waals surface area (Å²) in [4.78, 5) is 14.3. The minimum atomic E-state index is -1.57. The molecule has 2 heterocycles. The summed E-state index contributed by atoms with van der Waals surface area (Å²) in [7, 11) is 0. The Morgan fingerprint density at radius 2 is 1.92 bits per heavy atom. The SMILES string of the molecule is O=C(Nc1cc(F)c(F)c(F)c1)[C@H]1CCCN(c2ccc(Cl)nn2)C1. The summed E-state index contributed by atoms with van der Waals surface area (Å²) in [5.41, 5.74) is -0.121. The van der Waals surface area contributed by atoms with Crippen molar-refractivity contribution in [3.8, 4) is 0 Å². The topological polar surface area (TPSA) is 58.1 Å². The Hall–Kier alpha value is -2.35. The normalized spacial score (nSPS) is 17.4. The summed E-state index contributed by atoms with van der Waals surface area (Å²) in [5, 5.41) is 10.5. The smallest absolute Gasteiger partial charge is 0.229 e. The van der Waals surface area contributed by atoms with Crippen molar-refractivity contribution in [1.82, 2.24) is 10.2 Å². The molecule has 0 radical (unpaired) electrons. The highest BCUT2D eigenvalue weighted by Gasteiger charge is 2.27. The van der Waals surface area contributed by atoms with Crippen molar-refractivity contribution < 1.29 is 18.0 Å². The first-order valence-corrected chi connectivity index (χ1v) is 8.01. The molecule has 25 heavy (non-hydrogen) atoms. The monoisotopic (exact) mass is 370 g/mol. The van der Waals surface area contributed by atoms with Gasteiger partial charge in [-0.15, -0.1) is 10.2 Å². The van der Waals surface area contributed by atoms with Gasteiger partial charge in [0.25, 0.3) is 0 Å². The van der Waals surface area contributed by atoms with Crippen molar-refractivity contribution in [3.63, 3.8) is 0 Å². The summed E-state index contributed by atoms with van der Waals surface area (Å²) in [5.74, 6) is -4.46. The molecule has 0 aliphatic carbocycles. The Morgan fingerprint density at radius 3 is 2.56 bits per heavy atom. The van der Waals surface area contributed by atoms with Gasteiger partial charge in [0.1, 0.15) is 0 Å². The Labute approximate surface area is 146 Å². The maximum absolute atomic E-state index is 13.2. The number of piperidine rings is 1. The Kier molecular flexibility index (Phi) is 5.08. The van der Waals surface area contributed by atoms with Gasteiger partial charge in [-0.25, -0.2) is 13.2 Å². The van der Waals surface area contributed by atoms with Crippen molar-refractivity contribution in [3.05, 3.63) is 46.9 Å². The minimum absolute atomic E-state index is 0.121. The first-order chi connectivity index (χ1) is 11.9. The van der Waals surface area contributed by atoms with Gasteiger partial charge >= 0.3 is 0 Å². The third kappa shape index (κ3) is 4.01. The number of rotatable bonds is 3. The highest BCUT2D eigenvalue weighted by Crippen LogP contribution is 2.24. The molecule has 0 bridgehead atoms. The van der Waals surface area contributed by atoms with E-state index in [9.17, 15) is 18.0 Å². The van der Waals surface area contributed by atoms with Crippen LogP contribution in [0.5, 0.6) is 0 Å². The molecule has 132 valence electrons. The lowest BCUT2D eigenvalue weighted by atomic mass is 9.97. The van der Waals surface area contributed by atoms with Crippen LogP contribution in [0.1, 0.15) is 12.8 Å². The quantitative estimate of drug-likeness (QED) is 0.841. The number of halogens is 4. The van der Waals surface area contributed by atoms with E-state index in [2.05, 4.69) is 15.5 Å². The molecule has 0 saturated carbocycles. The van der Waals surface area contributed by atoms with Gasteiger partial charge in [0.05, 0.1) is 5.92 Å². The molecule has 1 fully saturated rings. The van der Waals surface area contributed by atoms with Crippen molar-refractivity contribution in [2.45, 2.75) is 12.8 Å². The van der Waals surface area contributed by atoms with Gasteiger partial charge in [-0.1, -0.05) is 11.6 Å². The third-order valence-electron chi connectivity index (χ3n) is 3.99. The van der Waals surface area contributed by atoms with Crippen LogP contribution in [0.25, 0.3) is 0 Å². The number of aromatic nitrogens is 2. The summed E-state index contributed by atoms with van der Waals surface area (Å²) in [6.07, 6.45) is 1.37. The molecule has 1 aliphatic rings. The number of amides is 1. The molecule has 1 amide bonds. The molecule has 1 aliphatic heterocycles. The zero-order valence-corrected chi connectivity index (χ0v) is 13.7. The minimum Gasteiger partial charge on any atom is -0.354 e. The molecule has 1 N–H and O–H groups in total. The maximum Gasteiger partial charge on any atom is 0.229 e. The Balaban J connectivity index is 1.69. The van der Waals surface area contributed by atoms with Gasteiger partial charge in [-0.3, -0.25) is 4.79 Å². The fourth-order valence-electron chi connectivity index (χ4n) is 2.75. The lowest BCUT2D eigenvalue weighted by Crippen LogP contribution is -2.41. The molecule has 2 aromatic rings. The van der Waals surface area contributed by atoms with E-state index < -0.39 is 29.3 Å². The van der Waals surface area contributed by atoms with Crippen molar-refractivity contribution >= 4 is 29.0 Å². The number of hydrogen-bond acceptors (Lipinski definition) is 4. The molecule has 9 heteroatoms. The second-order valence-corrected chi connectivity index (χ2v) is 6.13. The van der Waals surface area contributed by atoms with Crippen LogP contribution < -0.4 is 10.2 Å². The van der Waals surface area contributed by atoms with Crippen LogP contribution in [-0.2, 0) is 4.79 Å². The molecule has 3 rings (SSSR count). The number of nitrogens with one attached hydrogen (secondary N) is 1. The predicted octanol–water partition coefficient (Wildman–Crippen LogP) is 3.40. The van der Waals surface area contributed by atoms with Crippen LogP contribution >= 0.6 is 11.6 Å². The van der Waals surface area contributed by atoms with Crippen molar-refractivity contribution in [1.29, 1.82) is 0 Å². The fraction of sp³-hybridized carbons (Fsp3) is 0.312. The summed E-state index contributed by atoms with van der Waals surface area (Å²) < 4.78 is 39.5. The van der Waals surface area contributed by atoms with Crippen LogP contribution in [0.15, 0.2) is 24.3 Å². The first-order valence-electron chi connectivity index (χ1n) is 7.63. The standard InChI is InChI=1S/C16H14ClF3N4O/c17-13-3-4-14(23-22-13)24-5-1-2-9(8-24)16(25)21-10-6-11(18)15(20)12(19)7-10/h3-4,6-7,9H,1-2,5,8H2,(H,21,25)/t9-/m0/s1. The molecule has 0 unspecified atom stereocenters. The maximum atomic E-state index is 13.2. The highest BCUT2D eigenvalue weighted by molar-refractivity contribution is 6.29. The molecule has 1 saturated heterocycles. The fourth-order valence-corrected chi connectivity index (χ4v) is 2.85. The zero-order valence-electron chi connectivity index (χ0n) is 13.0. The lowest BCUT2D eigenvalue weighted by Gasteiger charge is -2.32. The van der Waals surface area contributed by atoms with E-state index in [0.717, 1.165) is 18.6 Å². The van der Waals surface area contributed by atoms with Gasteiger partial charge < -0.3 is 10.2 Å². The predicted molar refractivity (Wildman–Crippen MR) is 86.9 cm³/mol. The van der Waals surface area contributed by atoms with Crippen LogP contribution in [0.4, 0.5) is 24.7 Å². The number of nitrogens with zero attached hydrogens (tertiary/aromatic N) is 3. The van der Waals surface area contributed by atoms with Crippen molar-refractivity contribution in [2.75, 3.05) is 23.3 Å². The van der Waals surface area contributed by atoms with Crippen LogP contribution in [0, 0.1) is 23.4 Å². The average molecular weight is 371 g/mol. The number of carbonyl (C=O) groups is 1. The average Bonchev–Trinajstić information content (AvgIpc) is 2.60. The number of anilines is 2. The Morgan fingerprint density at radius 1 is 1.20 bits per heavy atom. The van der Waals surface area contributed by atoms with E-state index in [-0.39, 0.29) is 10.8 Å². The molecule has 1 aromatic heterocycles. The second-order valence-electron chi connectivity index (χ2n) is 5.74. The molecule has 1 atom stereocenters. The number of carbonyl (C=O) groups excluding carboxylic acids is 1. The lowest BCUT2D eigenvalue weighted by molar-refractivity contribution is -0.120. The number of hydrogen-bond donors (Lipinski definition) is 1. The second kappa shape index (κ2) is 7.26. The van der Waals surface area contributed by atoms with E-state index in [1.54, 1.807) is 12.1 Å². The largest absolute Gasteiger partial charge is 0.354 e. The van der Waals surface area contributed by atoms with Gasteiger partial charge in [-0.05, 0) is 25.0 Å². The van der Waals surface area contributed by atoms with Gasteiger partial charge in [0, 0.05) is 30.9 Å². The van der Waals surface area contributed by atoms with Crippen LogP contribution in [0.2, 0.25) is 5.15 Å². The van der Waals surface area contributed by atoms with Gasteiger partial charge in [0.2, 0.25) is 5.91 Å². The van der Waals surface area contributed by atoms with E-state index >= 15 is 0 Å². The summed E-state index contributed by atoms with van der Waals surface area (Å²) in [6.45, 7) is 1.09. The van der Waals surface area contributed by atoms with E-state index in [1.807, 2.05) is 4.90 Å². The Bertz CT molecular complexity index is 764. The molecular formula is C16H14ClF3N4O. The first kappa shape index (κ1) is 17.5. The molecular weight excluding hydrogens is 357 g/mol. The van der Waals surface area contributed by atoms with Crippen molar-refractivity contribution in [2.24, 2.45) is 5.92 Å².